The highest BCUT2D eigenvalue weighted by Crippen LogP contribution is 2.60. The van der Waals surface area contributed by atoms with Crippen molar-refractivity contribution < 1.29 is 8.83 Å². The van der Waals surface area contributed by atoms with Crippen LogP contribution in [0.1, 0.15) is 22.3 Å². The second-order valence-electron chi connectivity index (χ2n) is 17.9. The molecule has 2 aromatic heterocycles. The Morgan fingerprint density at radius 3 is 1.75 bits per heavy atom. The van der Waals surface area contributed by atoms with Gasteiger partial charge in [-0.15, -0.1) is 0 Å². The van der Waals surface area contributed by atoms with Crippen LogP contribution in [0.25, 0.3) is 88.0 Å². The van der Waals surface area contributed by atoms with Crippen molar-refractivity contribution in [3.8, 4) is 33.4 Å². The first-order chi connectivity index (χ1) is 33.7. The molecular weight excluding hydrogens is 827 g/mol. The summed E-state index contributed by atoms with van der Waals surface area (Å²) in [4.78, 5) is 2.48. The van der Waals surface area contributed by atoms with Crippen molar-refractivity contribution in [2.24, 2.45) is 0 Å². The summed E-state index contributed by atoms with van der Waals surface area (Å²) in [5.74, 6) is 0. The Morgan fingerprint density at radius 1 is 0.324 bits per heavy atom. The topological polar surface area (TPSA) is 29.5 Å². The fourth-order valence-electron chi connectivity index (χ4n) is 11.4. The second kappa shape index (κ2) is 15.1. The van der Waals surface area contributed by atoms with Crippen LogP contribution in [-0.4, -0.2) is 0 Å². The molecule has 14 rings (SSSR count). The van der Waals surface area contributed by atoms with Crippen LogP contribution in [-0.2, 0) is 5.41 Å². The zero-order chi connectivity index (χ0) is 44.8. The van der Waals surface area contributed by atoms with Crippen molar-refractivity contribution in [2.45, 2.75) is 5.41 Å². The van der Waals surface area contributed by atoms with E-state index in [1.54, 1.807) is 0 Å². The van der Waals surface area contributed by atoms with E-state index in [0.717, 1.165) is 88.6 Å². The van der Waals surface area contributed by atoms with Crippen molar-refractivity contribution in [1.82, 2.24) is 0 Å². The van der Waals surface area contributed by atoms with Crippen LogP contribution in [0.4, 0.5) is 17.1 Å². The predicted octanol–water partition coefficient (Wildman–Crippen LogP) is 17.8. The SMILES string of the molecule is c1ccc(C2(c3ccccc3)c3ccccc3-c3c(N(c4ccc(-c5ccc6c(c5)oc5ccccc56)cc4)c4ccccc4-c4ccc5oc6c7ccccc7ccc6c5c4)cccc32)cc1. The number of para-hydroxylation sites is 2. The fraction of sp³-hybridized carbons (Fsp3) is 0.0154. The van der Waals surface area contributed by atoms with Gasteiger partial charge in [0.05, 0.1) is 16.8 Å². The van der Waals surface area contributed by atoms with E-state index in [9.17, 15) is 0 Å². The van der Waals surface area contributed by atoms with Crippen LogP contribution in [0.5, 0.6) is 0 Å². The van der Waals surface area contributed by atoms with Crippen molar-refractivity contribution in [1.29, 1.82) is 0 Å². The molecule has 0 bridgehead atoms. The molecule has 0 saturated heterocycles. The Morgan fingerprint density at radius 2 is 0.926 bits per heavy atom. The summed E-state index contributed by atoms with van der Waals surface area (Å²) >= 11 is 0. The smallest absolute Gasteiger partial charge is 0.143 e. The molecule has 318 valence electrons. The first-order valence-corrected chi connectivity index (χ1v) is 23.3. The van der Waals surface area contributed by atoms with Gasteiger partial charge in [-0.3, -0.25) is 0 Å². The van der Waals surface area contributed by atoms with Gasteiger partial charge in [-0.25, -0.2) is 0 Å². The number of hydrogen-bond acceptors (Lipinski definition) is 3. The first-order valence-electron chi connectivity index (χ1n) is 23.3. The molecular formula is C65H41NO2. The molecule has 0 amide bonds. The van der Waals surface area contributed by atoms with E-state index < -0.39 is 5.41 Å². The molecule has 0 unspecified atom stereocenters. The van der Waals surface area contributed by atoms with E-state index in [4.69, 9.17) is 8.83 Å². The van der Waals surface area contributed by atoms with Crippen LogP contribution >= 0.6 is 0 Å². The van der Waals surface area contributed by atoms with Gasteiger partial charge in [-0.2, -0.15) is 0 Å². The lowest BCUT2D eigenvalue weighted by atomic mass is 9.68. The summed E-state index contributed by atoms with van der Waals surface area (Å²) in [5.41, 5.74) is 18.2. The number of anilines is 3. The lowest BCUT2D eigenvalue weighted by molar-refractivity contribution is 0.669. The highest BCUT2D eigenvalue weighted by atomic mass is 16.3. The maximum atomic E-state index is 6.62. The third-order valence-corrected chi connectivity index (χ3v) is 14.4. The van der Waals surface area contributed by atoms with Gasteiger partial charge in [0.1, 0.15) is 22.3 Å². The third-order valence-electron chi connectivity index (χ3n) is 14.4. The number of benzene rings is 11. The quantitative estimate of drug-likeness (QED) is 0.160. The van der Waals surface area contributed by atoms with Gasteiger partial charge in [0, 0.05) is 43.7 Å². The predicted molar refractivity (Wildman–Crippen MR) is 281 cm³/mol. The number of rotatable bonds is 7. The van der Waals surface area contributed by atoms with Gasteiger partial charge in [0.15, 0.2) is 0 Å². The maximum absolute atomic E-state index is 6.62. The van der Waals surface area contributed by atoms with Gasteiger partial charge in [-0.1, -0.05) is 188 Å². The van der Waals surface area contributed by atoms with E-state index in [2.05, 4.69) is 241 Å². The molecule has 1 aliphatic carbocycles. The average Bonchev–Trinajstić information content (AvgIpc) is 4.08. The van der Waals surface area contributed by atoms with E-state index in [1.807, 2.05) is 12.1 Å². The van der Waals surface area contributed by atoms with Crippen LogP contribution in [0.15, 0.2) is 258 Å². The van der Waals surface area contributed by atoms with Gasteiger partial charge < -0.3 is 13.7 Å². The summed E-state index contributed by atoms with van der Waals surface area (Å²) in [6.07, 6.45) is 0. The van der Waals surface area contributed by atoms with E-state index >= 15 is 0 Å². The molecule has 0 fully saturated rings. The van der Waals surface area contributed by atoms with Gasteiger partial charge >= 0.3 is 0 Å². The highest BCUT2D eigenvalue weighted by Gasteiger charge is 2.47. The Bertz CT molecular complexity index is 4050. The minimum absolute atomic E-state index is 0.549. The molecule has 0 radical (unpaired) electrons. The molecule has 0 spiro atoms. The van der Waals surface area contributed by atoms with Crippen molar-refractivity contribution >= 4 is 71.7 Å². The molecule has 3 nitrogen and oxygen atoms in total. The number of furan rings is 2. The molecule has 2 heterocycles. The normalized spacial score (nSPS) is 12.8. The Kier molecular flexibility index (Phi) is 8.50. The molecule has 1 aliphatic rings. The molecule has 13 aromatic rings. The minimum atomic E-state index is -0.549. The monoisotopic (exact) mass is 867 g/mol. The molecule has 0 atom stereocenters. The summed E-state index contributed by atoms with van der Waals surface area (Å²) in [6.45, 7) is 0. The van der Waals surface area contributed by atoms with Gasteiger partial charge in [0.2, 0.25) is 0 Å². The van der Waals surface area contributed by atoms with Crippen LogP contribution < -0.4 is 4.90 Å². The highest BCUT2D eigenvalue weighted by molar-refractivity contribution is 6.16. The minimum Gasteiger partial charge on any atom is -0.456 e. The molecule has 3 heteroatoms. The van der Waals surface area contributed by atoms with Crippen molar-refractivity contribution in [3.05, 3.63) is 271 Å². The first kappa shape index (κ1) is 38.4. The zero-order valence-corrected chi connectivity index (χ0v) is 36.9. The average molecular weight is 868 g/mol. The van der Waals surface area contributed by atoms with Crippen molar-refractivity contribution in [2.75, 3.05) is 4.90 Å². The molecule has 68 heavy (non-hydrogen) atoms. The molecule has 0 N–H and O–H groups in total. The van der Waals surface area contributed by atoms with Gasteiger partial charge in [0.25, 0.3) is 0 Å². The Balaban J connectivity index is 0.998. The maximum Gasteiger partial charge on any atom is 0.143 e. The van der Waals surface area contributed by atoms with Crippen molar-refractivity contribution in [3.63, 3.8) is 0 Å². The van der Waals surface area contributed by atoms with E-state index in [-0.39, 0.29) is 0 Å². The van der Waals surface area contributed by atoms with E-state index in [1.165, 1.54) is 38.8 Å². The van der Waals surface area contributed by atoms with Crippen LogP contribution in [0.3, 0.4) is 0 Å². The largest absolute Gasteiger partial charge is 0.456 e. The number of fused-ring (bicyclic) bond motifs is 11. The van der Waals surface area contributed by atoms with Gasteiger partial charge in [-0.05, 0) is 111 Å². The standard InChI is InChI=1S/C65H41NO2/c1-3-17-46(18-4-1)65(47-19-5-2-6-20-47)56-25-12-9-24-54(56)63-57(65)26-15-28-59(63)66(48-35-30-42(31-36-48)44-33-37-52-51-23-11-14-29-60(51)67-62(52)41-44)58-27-13-10-21-49(58)45-34-39-61-55(40-45)53-38-32-43-16-7-8-22-50(43)64(53)68-61/h1-41H. The molecule has 11 aromatic carbocycles. The molecule has 0 saturated carbocycles. The lowest BCUT2D eigenvalue weighted by Crippen LogP contribution is -2.28. The summed E-state index contributed by atoms with van der Waals surface area (Å²) in [5, 5.41) is 6.76. The fourth-order valence-corrected chi connectivity index (χ4v) is 11.4. The van der Waals surface area contributed by atoms with Crippen LogP contribution in [0.2, 0.25) is 0 Å². The third kappa shape index (κ3) is 5.66. The summed E-state index contributed by atoms with van der Waals surface area (Å²) in [6, 6.07) is 90.2. The second-order valence-corrected chi connectivity index (χ2v) is 17.9. The number of nitrogens with zero attached hydrogens (tertiary/aromatic N) is 1. The zero-order valence-electron chi connectivity index (χ0n) is 36.9. The Labute approximate surface area is 393 Å². The summed E-state index contributed by atoms with van der Waals surface area (Å²) in [7, 11) is 0. The number of hydrogen-bond donors (Lipinski definition) is 0. The van der Waals surface area contributed by atoms with Crippen LogP contribution in [0, 0.1) is 0 Å². The van der Waals surface area contributed by atoms with E-state index in [0.29, 0.717) is 0 Å². The lowest BCUT2D eigenvalue weighted by Gasteiger charge is -2.34. The molecule has 0 aliphatic heterocycles. The summed E-state index contributed by atoms with van der Waals surface area (Å²) < 4.78 is 13.0. The Hall–Kier alpha value is -8.92.